The van der Waals surface area contributed by atoms with E-state index < -0.39 is 0 Å². The lowest BCUT2D eigenvalue weighted by Gasteiger charge is -2.26. The molecule has 0 saturated heterocycles. The molecule has 2 aromatic carbocycles. The molecule has 0 aliphatic rings. The number of carbonyl (C=O) groups is 1. The van der Waals surface area contributed by atoms with Gasteiger partial charge < -0.3 is 11.1 Å². The minimum Gasteiger partial charge on any atom is -0.342 e. The van der Waals surface area contributed by atoms with Crippen molar-refractivity contribution in [3.63, 3.8) is 0 Å². The smallest absolute Gasteiger partial charge is 0.270 e. The molecule has 1 aromatic heterocycles. The van der Waals surface area contributed by atoms with E-state index >= 15 is 0 Å². The van der Waals surface area contributed by atoms with Gasteiger partial charge in [0.05, 0.1) is 12.1 Å². The molecular formula is C20H19N3O. The lowest BCUT2D eigenvalue weighted by atomic mass is 9.94. The van der Waals surface area contributed by atoms with Crippen molar-refractivity contribution >= 4 is 5.91 Å². The van der Waals surface area contributed by atoms with Crippen molar-refractivity contribution < 1.29 is 4.79 Å². The Bertz CT molecular complexity index is 776. The first kappa shape index (κ1) is 15.9. The fourth-order valence-electron chi connectivity index (χ4n) is 2.62. The quantitative estimate of drug-likeness (QED) is 0.759. The number of nitrogens with zero attached hydrogens (tertiary/aromatic N) is 1. The van der Waals surface area contributed by atoms with E-state index in [9.17, 15) is 4.79 Å². The molecule has 3 rings (SSSR count). The van der Waals surface area contributed by atoms with E-state index in [1.165, 1.54) is 0 Å². The molecule has 0 saturated carbocycles. The molecule has 1 heterocycles. The number of hydrogen-bond donors (Lipinski definition) is 2. The van der Waals surface area contributed by atoms with Crippen molar-refractivity contribution in [1.82, 2.24) is 10.3 Å². The van der Waals surface area contributed by atoms with E-state index in [0.29, 0.717) is 5.69 Å². The van der Waals surface area contributed by atoms with Crippen LogP contribution in [0.5, 0.6) is 0 Å². The topological polar surface area (TPSA) is 68.0 Å². The van der Waals surface area contributed by atoms with Crippen LogP contribution in [-0.4, -0.2) is 10.9 Å². The van der Waals surface area contributed by atoms with Crippen LogP contribution in [0.1, 0.15) is 33.7 Å². The van der Waals surface area contributed by atoms with Crippen LogP contribution in [0.25, 0.3) is 0 Å². The predicted molar refractivity (Wildman–Crippen MR) is 94.3 cm³/mol. The van der Waals surface area contributed by atoms with E-state index in [0.717, 1.165) is 11.1 Å². The van der Waals surface area contributed by atoms with Gasteiger partial charge in [-0.1, -0.05) is 66.7 Å². The largest absolute Gasteiger partial charge is 0.342 e. The number of nitrogens with one attached hydrogen (secondary N) is 1. The van der Waals surface area contributed by atoms with E-state index in [1.54, 1.807) is 24.4 Å². The third kappa shape index (κ3) is 3.67. The van der Waals surface area contributed by atoms with E-state index in [2.05, 4.69) is 10.3 Å². The zero-order chi connectivity index (χ0) is 16.8. The second kappa shape index (κ2) is 7.53. The first-order chi connectivity index (χ1) is 11.8. The van der Waals surface area contributed by atoms with Crippen molar-refractivity contribution in [2.45, 2.75) is 12.1 Å². The van der Waals surface area contributed by atoms with Crippen LogP contribution in [0.15, 0.2) is 85.1 Å². The SMILES string of the molecule is N[C@@H](c1ccccc1)[C@@H](NC(=O)c1ccccn1)c1ccccc1. The van der Waals surface area contributed by atoms with Crippen molar-refractivity contribution in [2.75, 3.05) is 0 Å². The Morgan fingerprint density at radius 1 is 0.833 bits per heavy atom. The van der Waals surface area contributed by atoms with Crippen LogP contribution in [0.2, 0.25) is 0 Å². The second-order valence-electron chi connectivity index (χ2n) is 5.51. The number of carbonyl (C=O) groups excluding carboxylic acids is 1. The summed E-state index contributed by atoms with van der Waals surface area (Å²) in [5, 5.41) is 3.02. The van der Waals surface area contributed by atoms with Crippen molar-refractivity contribution in [2.24, 2.45) is 5.73 Å². The standard InChI is InChI=1S/C20H19N3O/c21-18(15-9-3-1-4-10-15)19(16-11-5-2-6-12-16)23-20(24)17-13-7-8-14-22-17/h1-14,18-19H,21H2,(H,23,24)/t18-,19-/m0/s1. The summed E-state index contributed by atoms with van der Waals surface area (Å²) in [6.45, 7) is 0. The molecule has 0 spiro atoms. The summed E-state index contributed by atoms with van der Waals surface area (Å²) < 4.78 is 0. The zero-order valence-corrected chi connectivity index (χ0v) is 13.2. The summed E-state index contributed by atoms with van der Waals surface area (Å²) in [6.07, 6.45) is 1.60. The molecule has 3 N–H and O–H groups in total. The maximum atomic E-state index is 12.5. The monoisotopic (exact) mass is 317 g/mol. The van der Waals surface area contributed by atoms with Crippen LogP contribution < -0.4 is 11.1 Å². The van der Waals surface area contributed by atoms with Gasteiger partial charge in [0, 0.05) is 6.20 Å². The number of rotatable bonds is 5. The first-order valence-electron chi connectivity index (χ1n) is 7.83. The predicted octanol–water partition coefficient (Wildman–Crippen LogP) is 3.25. The van der Waals surface area contributed by atoms with Gasteiger partial charge in [-0.25, -0.2) is 0 Å². The Morgan fingerprint density at radius 2 is 1.42 bits per heavy atom. The summed E-state index contributed by atoms with van der Waals surface area (Å²) in [4.78, 5) is 16.6. The fourth-order valence-corrected chi connectivity index (χ4v) is 2.62. The Labute approximate surface area is 141 Å². The number of nitrogens with two attached hydrogens (primary N) is 1. The minimum absolute atomic E-state index is 0.240. The van der Waals surface area contributed by atoms with Crippen molar-refractivity contribution in [3.05, 3.63) is 102 Å². The zero-order valence-electron chi connectivity index (χ0n) is 13.2. The highest BCUT2D eigenvalue weighted by molar-refractivity contribution is 5.92. The van der Waals surface area contributed by atoms with Gasteiger partial charge in [0.25, 0.3) is 5.91 Å². The highest BCUT2D eigenvalue weighted by atomic mass is 16.1. The highest BCUT2D eigenvalue weighted by Gasteiger charge is 2.24. The molecule has 2 atom stereocenters. The number of pyridine rings is 1. The van der Waals surface area contributed by atoms with Crippen LogP contribution in [0, 0.1) is 0 Å². The maximum absolute atomic E-state index is 12.5. The maximum Gasteiger partial charge on any atom is 0.270 e. The Hall–Kier alpha value is -2.98. The van der Waals surface area contributed by atoms with Gasteiger partial charge in [-0.2, -0.15) is 0 Å². The fraction of sp³-hybridized carbons (Fsp3) is 0.100. The average Bonchev–Trinajstić information content (AvgIpc) is 2.67. The third-order valence-corrected chi connectivity index (χ3v) is 3.89. The van der Waals surface area contributed by atoms with Crippen molar-refractivity contribution in [3.8, 4) is 0 Å². The van der Waals surface area contributed by atoms with E-state index in [1.807, 2.05) is 60.7 Å². The van der Waals surface area contributed by atoms with Gasteiger partial charge in [-0.05, 0) is 23.3 Å². The molecule has 0 fully saturated rings. The number of aromatic nitrogens is 1. The normalized spacial score (nSPS) is 13.0. The van der Waals surface area contributed by atoms with Gasteiger partial charge in [0.1, 0.15) is 5.69 Å². The molecule has 120 valence electrons. The van der Waals surface area contributed by atoms with Gasteiger partial charge in [-0.15, -0.1) is 0 Å². The highest BCUT2D eigenvalue weighted by Crippen LogP contribution is 2.27. The Morgan fingerprint density at radius 3 is 2.00 bits per heavy atom. The number of hydrogen-bond acceptors (Lipinski definition) is 3. The van der Waals surface area contributed by atoms with Gasteiger partial charge >= 0.3 is 0 Å². The van der Waals surface area contributed by atoms with Gasteiger partial charge in [0.2, 0.25) is 0 Å². The molecule has 0 bridgehead atoms. The summed E-state index contributed by atoms with van der Waals surface area (Å²) in [5.74, 6) is -0.240. The molecule has 24 heavy (non-hydrogen) atoms. The molecule has 3 aromatic rings. The molecule has 0 aliphatic carbocycles. The summed E-state index contributed by atoms with van der Waals surface area (Å²) in [7, 11) is 0. The number of amides is 1. The lowest BCUT2D eigenvalue weighted by molar-refractivity contribution is 0.0925. The minimum atomic E-state index is -0.360. The second-order valence-corrected chi connectivity index (χ2v) is 5.51. The molecule has 4 heteroatoms. The average molecular weight is 317 g/mol. The van der Waals surface area contributed by atoms with Crippen LogP contribution in [0.4, 0.5) is 0 Å². The Kier molecular flexibility index (Phi) is 4.99. The van der Waals surface area contributed by atoms with Gasteiger partial charge in [0.15, 0.2) is 0 Å². The molecule has 0 unspecified atom stereocenters. The van der Waals surface area contributed by atoms with Crippen LogP contribution in [0.3, 0.4) is 0 Å². The Balaban J connectivity index is 1.90. The molecule has 0 radical (unpaired) electrons. The third-order valence-electron chi connectivity index (χ3n) is 3.89. The number of benzene rings is 2. The summed E-state index contributed by atoms with van der Waals surface area (Å²) in [5.41, 5.74) is 8.76. The van der Waals surface area contributed by atoms with E-state index in [4.69, 9.17) is 5.73 Å². The lowest BCUT2D eigenvalue weighted by Crippen LogP contribution is -2.36. The van der Waals surface area contributed by atoms with Crippen LogP contribution in [-0.2, 0) is 0 Å². The molecule has 1 amide bonds. The first-order valence-corrected chi connectivity index (χ1v) is 7.83. The van der Waals surface area contributed by atoms with Gasteiger partial charge in [-0.3, -0.25) is 9.78 Å². The van der Waals surface area contributed by atoms with Crippen LogP contribution >= 0.6 is 0 Å². The summed E-state index contributed by atoms with van der Waals surface area (Å²) >= 11 is 0. The molecule has 4 nitrogen and oxygen atoms in total. The van der Waals surface area contributed by atoms with E-state index in [-0.39, 0.29) is 18.0 Å². The van der Waals surface area contributed by atoms with Crippen molar-refractivity contribution in [1.29, 1.82) is 0 Å². The summed E-state index contributed by atoms with van der Waals surface area (Å²) in [6, 6.07) is 24.1. The molecule has 0 aliphatic heterocycles. The molecular weight excluding hydrogens is 298 g/mol.